The Morgan fingerprint density at radius 2 is 2.31 bits per heavy atom. The molecule has 84 valence electrons. The van der Waals surface area contributed by atoms with Gasteiger partial charge in [0.2, 0.25) is 5.82 Å². The van der Waals surface area contributed by atoms with Crippen LogP contribution in [0.25, 0.3) is 0 Å². The van der Waals surface area contributed by atoms with Crippen molar-refractivity contribution in [1.82, 2.24) is 5.32 Å². The van der Waals surface area contributed by atoms with Crippen LogP contribution >= 0.6 is 0 Å². The van der Waals surface area contributed by atoms with Crippen LogP contribution in [-0.2, 0) is 0 Å². The summed E-state index contributed by atoms with van der Waals surface area (Å²) in [6, 6.07) is 3.63. The molecule has 0 atom stereocenters. The fraction of sp³-hybridized carbons (Fsp3) is 0.273. The van der Waals surface area contributed by atoms with Gasteiger partial charge in [0.15, 0.2) is 0 Å². The maximum atomic E-state index is 13.2. The number of hydrogen-bond donors (Lipinski definition) is 1. The van der Waals surface area contributed by atoms with Gasteiger partial charge in [0.1, 0.15) is 0 Å². The zero-order valence-electron chi connectivity index (χ0n) is 8.79. The molecular weight excluding hydrogens is 211 g/mol. The highest BCUT2D eigenvalue weighted by molar-refractivity contribution is 5.42. The van der Waals surface area contributed by atoms with E-state index in [1.54, 1.807) is 0 Å². The van der Waals surface area contributed by atoms with Crippen LogP contribution in [0.1, 0.15) is 12.0 Å². The maximum absolute atomic E-state index is 13.2. The van der Waals surface area contributed by atoms with Crippen LogP contribution in [0, 0.1) is 27.8 Å². The van der Waals surface area contributed by atoms with Gasteiger partial charge in [0.05, 0.1) is 4.92 Å². The zero-order valence-corrected chi connectivity index (χ0v) is 8.79. The summed E-state index contributed by atoms with van der Waals surface area (Å²) in [5, 5.41) is 13.3. The molecule has 0 aliphatic rings. The van der Waals surface area contributed by atoms with E-state index in [4.69, 9.17) is 0 Å². The number of rotatable bonds is 3. The first kappa shape index (κ1) is 12.1. The SMILES string of the molecule is CNCCC#Cc1ccc([N+](=O)[O-])c(F)c1. The van der Waals surface area contributed by atoms with Gasteiger partial charge >= 0.3 is 5.69 Å². The summed E-state index contributed by atoms with van der Waals surface area (Å²) in [6.07, 6.45) is 0.648. The van der Waals surface area contributed by atoms with Gasteiger partial charge in [-0.05, 0) is 19.2 Å². The molecule has 1 rings (SSSR count). The highest BCUT2D eigenvalue weighted by Crippen LogP contribution is 2.17. The van der Waals surface area contributed by atoms with E-state index in [1.807, 2.05) is 7.05 Å². The normalized spacial score (nSPS) is 9.38. The van der Waals surface area contributed by atoms with Crippen molar-refractivity contribution in [2.45, 2.75) is 6.42 Å². The zero-order chi connectivity index (χ0) is 12.0. The van der Waals surface area contributed by atoms with Crippen LogP contribution in [-0.4, -0.2) is 18.5 Å². The first-order valence-electron chi connectivity index (χ1n) is 4.72. The molecule has 0 unspecified atom stereocenters. The molecule has 16 heavy (non-hydrogen) atoms. The van der Waals surface area contributed by atoms with Gasteiger partial charge in [-0.25, -0.2) is 0 Å². The van der Waals surface area contributed by atoms with Crippen LogP contribution in [0.3, 0.4) is 0 Å². The van der Waals surface area contributed by atoms with Crippen molar-refractivity contribution < 1.29 is 9.31 Å². The summed E-state index contributed by atoms with van der Waals surface area (Å²) in [5.41, 5.74) is -0.0834. The van der Waals surface area contributed by atoms with E-state index < -0.39 is 16.4 Å². The first-order valence-corrected chi connectivity index (χ1v) is 4.72. The van der Waals surface area contributed by atoms with Crippen LogP contribution < -0.4 is 5.32 Å². The fourth-order valence-electron chi connectivity index (χ4n) is 1.08. The van der Waals surface area contributed by atoms with Gasteiger partial charge in [0, 0.05) is 24.6 Å². The molecule has 1 aromatic carbocycles. The van der Waals surface area contributed by atoms with Crippen molar-refractivity contribution in [2.75, 3.05) is 13.6 Å². The Bertz CT molecular complexity index is 449. The Kier molecular flexibility index (Phi) is 4.42. The molecule has 0 aliphatic heterocycles. The number of nitro groups is 1. The van der Waals surface area contributed by atoms with E-state index >= 15 is 0 Å². The topological polar surface area (TPSA) is 55.2 Å². The summed E-state index contributed by atoms with van der Waals surface area (Å²) < 4.78 is 13.2. The van der Waals surface area contributed by atoms with Crippen molar-refractivity contribution in [2.24, 2.45) is 0 Å². The minimum absolute atomic E-state index is 0.444. The summed E-state index contributed by atoms with van der Waals surface area (Å²) in [6.45, 7) is 0.752. The molecular formula is C11H11FN2O2. The number of benzene rings is 1. The molecule has 1 aromatic rings. The van der Waals surface area contributed by atoms with E-state index in [-0.39, 0.29) is 0 Å². The molecule has 4 nitrogen and oxygen atoms in total. The van der Waals surface area contributed by atoms with Crippen molar-refractivity contribution in [1.29, 1.82) is 0 Å². The van der Waals surface area contributed by atoms with Crippen molar-refractivity contribution in [3.05, 3.63) is 39.7 Å². The standard InChI is InChI=1S/C11H11FN2O2/c1-13-7-3-2-4-9-5-6-11(14(15)16)10(12)8-9/h5-6,8,13H,3,7H2,1H3. The molecule has 0 saturated heterocycles. The maximum Gasteiger partial charge on any atom is 0.304 e. The van der Waals surface area contributed by atoms with Crippen LogP contribution in [0.2, 0.25) is 0 Å². The largest absolute Gasteiger partial charge is 0.319 e. The lowest BCUT2D eigenvalue weighted by Gasteiger charge is -1.94. The summed E-state index contributed by atoms with van der Waals surface area (Å²) in [5.74, 6) is 4.71. The highest BCUT2D eigenvalue weighted by Gasteiger charge is 2.12. The van der Waals surface area contributed by atoms with Crippen LogP contribution in [0.4, 0.5) is 10.1 Å². The van der Waals surface area contributed by atoms with Gasteiger partial charge in [0.25, 0.3) is 0 Å². The lowest BCUT2D eigenvalue weighted by molar-refractivity contribution is -0.387. The molecule has 0 aliphatic carbocycles. The monoisotopic (exact) mass is 222 g/mol. The van der Waals surface area contributed by atoms with E-state index in [1.165, 1.54) is 6.07 Å². The van der Waals surface area contributed by atoms with Crippen molar-refractivity contribution in [3.8, 4) is 11.8 Å². The molecule has 0 amide bonds. The lowest BCUT2D eigenvalue weighted by atomic mass is 10.2. The number of nitrogens with zero attached hydrogens (tertiary/aromatic N) is 1. The molecule has 0 aromatic heterocycles. The predicted molar refractivity (Wildman–Crippen MR) is 58.5 cm³/mol. The quantitative estimate of drug-likeness (QED) is 0.366. The fourth-order valence-corrected chi connectivity index (χ4v) is 1.08. The van der Waals surface area contributed by atoms with E-state index in [9.17, 15) is 14.5 Å². The number of halogens is 1. The first-order chi connectivity index (χ1) is 7.65. The molecule has 0 saturated carbocycles. The van der Waals surface area contributed by atoms with Crippen molar-refractivity contribution >= 4 is 5.69 Å². The van der Waals surface area contributed by atoms with Gasteiger partial charge in [-0.2, -0.15) is 4.39 Å². The van der Waals surface area contributed by atoms with E-state index in [0.717, 1.165) is 18.7 Å². The molecule has 0 heterocycles. The second kappa shape index (κ2) is 5.83. The molecule has 0 spiro atoms. The smallest absolute Gasteiger partial charge is 0.304 e. The Labute approximate surface area is 92.6 Å². The van der Waals surface area contributed by atoms with Gasteiger partial charge < -0.3 is 5.32 Å². The second-order valence-corrected chi connectivity index (χ2v) is 3.08. The third kappa shape index (κ3) is 3.33. The van der Waals surface area contributed by atoms with Gasteiger partial charge in [-0.3, -0.25) is 10.1 Å². The number of nitro benzene ring substituents is 1. The van der Waals surface area contributed by atoms with Gasteiger partial charge in [-0.1, -0.05) is 11.8 Å². The second-order valence-electron chi connectivity index (χ2n) is 3.08. The number of hydrogen-bond acceptors (Lipinski definition) is 3. The van der Waals surface area contributed by atoms with E-state index in [2.05, 4.69) is 17.2 Å². The number of nitrogens with one attached hydrogen (secondary N) is 1. The minimum atomic E-state index is -0.856. The molecule has 0 radical (unpaired) electrons. The van der Waals surface area contributed by atoms with Crippen LogP contribution in [0.5, 0.6) is 0 Å². The third-order valence-corrected chi connectivity index (χ3v) is 1.88. The Morgan fingerprint density at radius 1 is 1.56 bits per heavy atom. The van der Waals surface area contributed by atoms with Crippen LogP contribution in [0.15, 0.2) is 18.2 Å². The summed E-state index contributed by atoms with van der Waals surface area (Å²) in [7, 11) is 1.81. The average Bonchev–Trinajstić information content (AvgIpc) is 2.24. The van der Waals surface area contributed by atoms with E-state index in [0.29, 0.717) is 12.0 Å². The van der Waals surface area contributed by atoms with Crippen molar-refractivity contribution in [3.63, 3.8) is 0 Å². The molecule has 5 heteroatoms. The molecule has 0 bridgehead atoms. The summed E-state index contributed by atoms with van der Waals surface area (Å²) >= 11 is 0. The van der Waals surface area contributed by atoms with Gasteiger partial charge in [-0.15, -0.1) is 0 Å². The minimum Gasteiger partial charge on any atom is -0.319 e. The Hall–Kier alpha value is -1.93. The Balaban J connectivity index is 2.80. The summed E-state index contributed by atoms with van der Waals surface area (Å²) in [4.78, 5) is 9.60. The average molecular weight is 222 g/mol. The predicted octanol–water partition coefficient (Wildman–Crippen LogP) is 1.69. The lowest BCUT2D eigenvalue weighted by Crippen LogP contribution is -2.05. The highest BCUT2D eigenvalue weighted by atomic mass is 19.1. The molecule has 1 N–H and O–H groups in total. The Morgan fingerprint density at radius 3 is 2.88 bits per heavy atom. The molecule has 0 fully saturated rings. The third-order valence-electron chi connectivity index (χ3n) is 1.88.